The van der Waals surface area contributed by atoms with Gasteiger partial charge in [-0.05, 0) is 13.8 Å². The van der Waals surface area contributed by atoms with Crippen LogP contribution in [-0.2, 0) is 30.6 Å². The van der Waals surface area contributed by atoms with Crippen molar-refractivity contribution < 1.29 is 38.8 Å². The molecule has 4 N–H and O–H groups in total. The molecule has 2 amide bonds. The average molecular weight is 547 g/mol. The molecular formula is C22H22N6O7S2. The second-order valence-corrected chi connectivity index (χ2v) is 10.6. The Bertz CT molecular complexity index is 1320. The maximum atomic E-state index is 13.1. The van der Waals surface area contributed by atoms with Crippen LogP contribution in [0.4, 0.5) is 5.13 Å². The number of rotatable bonds is 9. The summed E-state index contributed by atoms with van der Waals surface area (Å²) in [6, 6.07) is 4.41. The van der Waals surface area contributed by atoms with Gasteiger partial charge in [-0.25, -0.2) is 14.3 Å². The molecule has 0 bridgehead atoms. The molecule has 1 fully saturated rings. The number of aliphatic carboxylic acids is 2. The van der Waals surface area contributed by atoms with Crippen LogP contribution >= 0.6 is 23.1 Å². The Hall–Kier alpha value is -3.98. The third-order valence-electron chi connectivity index (χ3n) is 5.52. The van der Waals surface area contributed by atoms with Gasteiger partial charge in [0.05, 0.1) is 5.97 Å². The molecule has 0 aromatic carbocycles. The van der Waals surface area contributed by atoms with E-state index in [4.69, 9.17) is 10.6 Å². The Kier molecular flexibility index (Phi) is 7.18. The molecule has 0 radical (unpaired) electrons. The molecule has 0 saturated carbocycles. The second-order valence-electron chi connectivity index (χ2n) is 8.57. The molecule has 4 heterocycles. The number of carboxylic acid groups (broad SMARTS) is 2. The highest BCUT2D eigenvalue weighted by molar-refractivity contribution is 8.00. The molecule has 0 spiro atoms. The predicted octanol–water partition coefficient (Wildman–Crippen LogP) is -1.30. The van der Waals surface area contributed by atoms with E-state index in [2.05, 4.69) is 15.5 Å². The quantitative estimate of drug-likeness (QED) is 0.147. The van der Waals surface area contributed by atoms with Gasteiger partial charge >= 0.3 is 5.97 Å². The minimum atomic E-state index is -1.86. The zero-order valence-corrected chi connectivity index (χ0v) is 21.2. The van der Waals surface area contributed by atoms with Gasteiger partial charge in [-0.2, -0.15) is 0 Å². The Morgan fingerprint density at radius 3 is 2.65 bits per heavy atom. The largest absolute Gasteiger partial charge is 0.546 e. The van der Waals surface area contributed by atoms with Crippen LogP contribution in [0.1, 0.15) is 19.5 Å². The van der Waals surface area contributed by atoms with E-state index in [1.54, 1.807) is 17.0 Å². The van der Waals surface area contributed by atoms with Crippen LogP contribution in [-0.4, -0.2) is 67.2 Å². The molecule has 2 unspecified atom stereocenters. The number of oxime groups is 1. The van der Waals surface area contributed by atoms with Gasteiger partial charge in [0.25, 0.3) is 11.8 Å². The maximum Gasteiger partial charge on any atom is 0.352 e. The number of nitrogens with zero attached hydrogens (tertiary/aromatic N) is 4. The van der Waals surface area contributed by atoms with E-state index in [0.29, 0.717) is 11.3 Å². The number of fused-ring (bicyclic) bond motifs is 1. The van der Waals surface area contributed by atoms with Crippen molar-refractivity contribution >= 4 is 57.7 Å². The minimum absolute atomic E-state index is 0.0161. The van der Waals surface area contributed by atoms with Crippen LogP contribution in [0, 0.1) is 0 Å². The van der Waals surface area contributed by atoms with E-state index >= 15 is 0 Å². The van der Waals surface area contributed by atoms with Gasteiger partial charge in [-0.3, -0.25) is 14.5 Å². The number of hydrogen-bond acceptors (Lipinski definition) is 11. The number of nitrogens with two attached hydrogens (primary N) is 1. The Balaban J connectivity index is 1.55. The third-order valence-corrected chi connectivity index (χ3v) is 7.54. The van der Waals surface area contributed by atoms with Crippen molar-refractivity contribution in [3.05, 3.63) is 52.9 Å². The lowest BCUT2D eigenvalue weighted by atomic mass is 10.0. The zero-order valence-electron chi connectivity index (χ0n) is 19.6. The van der Waals surface area contributed by atoms with Gasteiger partial charge in [0, 0.05) is 28.8 Å². The fourth-order valence-corrected chi connectivity index (χ4v) is 5.46. The summed E-state index contributed by atoms with van der Waals surface area (Å²) in [5, 5.41) is 28.2. The SMILES string of the molecule is CC(C)(O/N=C(/C(=O)NC1C(=O)N2C(C(=O)O)=C(C[n+]3ccccc3)CSC12)c1csc(N)n1)C(=O)[O-]. The molecular weight excluding hydrogens is 524 g/mol. The topological polar surface area (TPSA) is 191 Å². The lowest BCUT2D eigenvalue weighted by Crippen LogP contribution is -2.71. The minimum Gasteiger partial charge on any atom is -0.546 e. The number of carboxylic acids is 2. The summed E-state index contributed by atoms with van der Waals surface area (Å²) in [7, 11) is 0. The fourth-order valence-electron chi connectivity index (χ4n) is 3.57. The summed E-state index contributed by atoms with van der Waals surface area (Å²) >= 11 is 2.33. The second kappa shape index (κ2) is 10.2. The fraction of sp³-hybridized carbons (Fsp3) is 0.318. The van der Waals surface area contributed by atoms with Crippen LogP contribution in [0.3, 0.4) is 0 Å². The van der Waals surface area contributed by atoms with Crippen LogP contribution in [0.5, 0.6) is 0 Å². The molecule has 194 valence electrons. The summed E-state index contributed by atoms with van der Waals surface area (Å²) in [6.45, 7) is 2.66. The predicted molar refractivity (Wildman–Crippen MR) is 130 cm³/mol. The number of pyridine rings is 1. The number of β-lactam (4-membered cyclic amide) rings is 1. The van der Waals surface area contributed by atoms with Crippen LogP contribution < -0.4 is 20.7 Å². The van der Waals surface area contributed by atoms with Crippen LogP contribution in [0.2, 0.25) is 0 Å². The van der Waals surface area contributed by atoms with Crippen molar-refractivity contribution in [1.82, 2.24) is 15.2 Å². The number of nitrogens with one attached hydrogen (secondary N) is 1. The lowest BCUT2D eigenvalue weighted by molar-refractivity contribution is -0.689. The summed E-state index contributed by atoms with van der Waals surface area (Å²) in [4.78, 5) is 59.6. The summed E-state index contributed by atoms with van der Waals surface area (Å²) in [5.41, 5.74) is 3.86. The van der Waals surface area contributed by atoms with Gasteiger partial charge in [0.1, 0.15) is 22.8 Å². The van der Waals surface area contributed by atoms with Crippen molar-refractivity contribution in [3.63, 3.8) is 0 Å². The van der Waals surface area contributed by atoms with Crippen LogP contribution in [0.25, 0.3) is 0 Å². The molecule has 15 heteroatoms. The van der Waals surface area contributed by atoms with Crippen molar-refractivity contribution in [2.75, 3.05) is 11.5 Å². The Labute approximate surface area is 218 Å². The Morgan fingerprint density at radius 1 is 1.35 bits per heavy atom. The number of carbonyl (C=O) groups excluding carboxylic acids is 3. The number of thioether (sulfide) groups is 1. The lowest BCUT2D eigenvalue weighted by Gasteiger charge is -2.49. The molecule has 2 aliphatic heterocycles. The van der Waals surface area contributed by atoms with Gasteiger partial charge in [0.15, 0.2) is 35.4 Å². The van der Waals surface area contributed by atoms with E-state index in [1.165, 1.54) is 31.0 Å². The molecule has 2 aromatic rings. The number of hydrogen-bond donors (Lipinski definition) is 3. The zero-order chi connectivity index (χ0) is 26.9. The van der Waals surface area contributed by atoms with E-state index in [0.717, 1.165) is 16.2 Å². The summed E-state index contributed by atoms with van der Waals surface area (Å²) < 4.78 is 1.80. The molecule has 2 aromatic heterocycles. The Morgan fingerprint density at radius 2 is 2.05 bits per heavy atom. The van der Waals surface area contributed by atoms with Crippen molar-refractivity contribution in [3.8, 4) is 0 Å². The van der Waals surface area contributed by atoms with E-state index < -0.39 is 46.5 Å². The first-order valence-electron chi connectivity index (χ1n) is 10.8. The number of carbonyl (C=O) groups is 4. The van der Waals surface area contributed by atoms with E-state index in [-0.39, 0.29) is 23.1 Å². The van der Waals surface area contributed by atoms with Gasteiger partial charge in [-0.15, -0.1) is 23.1 Å². The average Bonchev–Trinajstić information content (AvgIpc) is 3.28. The molecule has 2 atom stereocenters. The summed E-state index contributed by atoms with van der Waals surface area (Å²) in [5.74, 6) is -3.95. The normalized spacial score (nSPS) is 19.7. The van der Waals surface area contributed by atoms with Crippen LogP contribution in [0.15, 0.2) is 52.4 Å². The third kappa shape index (κ3) is 5.27. The highest BCUT2D eigenvalue weighted by Gasteiger charge is 2.54. The molecule has 37 heavy (non-hydrogen) atoms. The number of anilines is 1. The van der Waals surface area contributed by atoms with Crippen molar-refractivity contribution in [1.29, 1.82) is 0 Å². The van der Waals surface area contributed by atoms with E-state index in [9.17, 15) is 29.4 Å². The highest BCUT2D eigenvalue weighted by atomic mass is 32.2. The number of nitrogen functional groups attached to an aromatic ring is 1. The first-order valence-corrected chi connectivity index (χ1v) is 12.8. The number of thiazole rings is 1. The van der Waals surface area contributed by atoms with Crippen molar-refractivity contribution in [2.24, 2.45) is 5.16 Å². The standard InChI is InChI=1S/C22H22N6O7S2/c1-22(2,20(33)34)35-26-13(12-10-37-21(23)24-12)16(29)25-14-17(30)28-15(19(31)32)11(9-36-18(14)28)8-27-6-4-3-5-7-27/h3-7,10,14,18H,8-9H2,1-2H3,(H4-,23,24,25,29,31,32,33,34)/b26-13+. The van der Waals surface area contributed by atoms with Gasteiger partial charge in [0.2, 0.25) is 0 Å². The van der Waals surface area contributed by atoms with Gasteiger partial charge < -0.3 is 30.9 Å². The highest BCUT2D eigenvalue weighted by Crippen LogP contribution is 2.40. The molecule has 1 saturated heterocycles. The summed E-state index contributed by atoms with van der Waals surface area (Å²) in [6.07, 6.45) is 3.58. The maximum absolute atomic E-state index is 13.1. The molecule has 2 aliphatic rings. The number of amides is 2. The van der Waals surface area contributed by atoms with Crippen molar-refractivity contribution in [2.45, 2.75) is 37.4 Å². The van der Waals surface area contributed by atoms with Gasteiger partial charge in [-0.1, -0.05) is 11.2 Å². The smallest absolute Gasteiger partial charge is 0.352 e. The molecule has 13 nitrogen and oxygen atoms in total. The first kappa shape index (κ1) is 26.1. The monoisotopic (exact) mass is 546 g/mol. The first-order chi connectivity index (χ1) is 17.5. The molecule has 4 rings (SSSR count). The molecule has 0 aliphatic carbocycles. The van der Waals surface area contributed by atoms with E-state index in [1.807, 2.05) is 18.2 Å². The number of aromatic nitrogens is 2.